The predicted octanol–water partition coefficient (Wildman–Crippen LogP) is 5.15. The Morgan fingerprint density at radius 2 is 1.91 bits per heavy atom. The van der Waals surface area contributed by atoms with E-state index in [2.05, 4.69) is 32.0 Å². The van der Waals surface area contributed by atoms with Crippen LogP contribution in [0.4, 0.5) is 0 Å². The summed E-state index contributed by atoms with van der Waals surface area (Å²) in [7, 11) is 0. The highest BCUT2D eigenvalue weighted by molar-refractivity contribution is 5.66. The largest absolute Gasteiger partial charge is 0.493 e. The van der Waals surface area contributed by atoms with Gasteiger partial charge in [0.15, 0.2) is 0 Å². The molecule has 0 unspecified atom stereocenters. The zero-order chi connectivity index (χ0) is 16.7. The van der Waals surface area contributed by atoms with Gasteiger partial charge >= 0.3 is 5.97 Å². The molecule has 0 heterocycles. The SMILES string of the molecule is CCCCCOc1cc(C2CCC(OC(C)=O)CC2)ccc1C. The number of hydrogen-bond acceptors (Lipinski definition) is 3. The maximum absolute atomic E-state index is 11.1. The van der Waals surface area contributed by atoms with E-state index in [1.807, 2.05) is 0 Å². The molecule has 0 N–H and O–H groups in total. The first-order valence-corrected chi connectivity index (χ1v) is 9.00. The molecule has 3 heteroatoms. The summed E-state index contributed by atoms with van der Waals surface area (Å²) in [6.07, 6.45) is 7.75. The molecule has 1 aromatic rings. The van der Waals surface area contributed by atoms with Gasteiger partial charge in [0.1, 0.15) is 11.9 Å². The molecule has 128 valence electrons. The number of benzene rings is 1. The van der Waals surface area contributed by atoms with E-state index in [0.29, 0.717) is 5.92 Å². The summed E-state index contributed by atoms with van der Waals surface area (Å²) in [5, 5.41) is 0. The van der Waals surface area contributed by atoms with Crippen LogP contribution < -0.4 is 4.74 Å². The zero-order valence-corrected chi connectivity index (χ0v) is 14.8. The van der Waals surface area contributed by atoms with Crippen LogP contribution in [0.15, 0.2) is 18.2 Å². The van der Waals surface area contributed by atoms with Crippen molar-refractivity contribution in [1.29, 1.82) is 0 Å². The average Bonchev–Trinajstić information content (AvgIpc) is 2.53. The van der Waals surface area contributed by atoms with Gasteiger partial charge in [-0.25, -0.2) is 0 Å². The van der Waals surface area contributed by atoms with Gasteiger partial charge in [0.25, 0.3) is 0 Å². The van der Waals surface area contributed by atoms with E-state index in [9.17, 15) is 4.79 Å². The maximum atomic E-state index is 11.1. The lowest BCUT2D eigenvalue weighted by molar-refractivity contribution is -0.147. The fourth-order valence-corrected chi connectivity index (χ4v) is 3.31. The van der Waals surface area contributed by atoms with Crippen molar-refractivity contribution in [2.45, 2.75) is 77.7 Å². The second-order valence-corrected chi connectivity index (χ2v) is 6.66. The first-order valence-electron chi connectivity index (χ1n) is 9.00. The number of aryl methyl sites for hydroxylation is 1. The number of carbonyl (C=O) groups excluding carboxylic acids is 1. The van der Waals surface area contributed by atoms with Crippen LogP contribution >= 0.6 is 0 Å². The number of esters is 1. The van der Waals surface area contributed by atoms with Gasteiger partial charge in [-0.1, -0.05) is 31.9 Å². The lowest BCUT2D eigenvalue weighted by atomic mass is 9.82. The molecule has 2 rings (SSSR count). The third-order valence-electron chi connectivity index (χ3n) is 4.70. The van der Waals surface area contributed by atoms with Crippen molar-refractivity contribution in [2.24, 2.45) is 0 Å². The standard InChI is InChI=1S/C20H30O3/c1-4-5-6-13-22-20-14-18(8-7-15(20)2)17-9-11-19(12-10-17)23-16(3)21/h7-8,14,17,19H,4-6,9-13H2,1-3H3. The van der Waals surface area contributed by atoms with Gasteiger partial charge in [0.05, 0.1) is 6.61 Å². The minimum atomic E-state index is -0.161. The number of rotatable bonds is 7. The summed E-state index contributed by atoms with van der Waals surface area (Å²) in [6, 6.07) is 6.62. The highest BCUT2D eigenvalue weighted by Gasteiger charge is 2.24. The van der Waals surface area contributed by atoms with Crippen molar-refractivity contribution in [3.63, 3.8) is 0 Å². The third kappa shape index (κ3) is 5.56. The van der Waals surface area contributed by atoms with E-state index in [0.717, 1.165) is 44.5 Å². The van der Waals surface area contributed by atoms with Gasteiger partial charge in [-0.15, -0.1) is 0 Å². The quantitative estimate of drug-likeness (QED) is 0.515. The number of carbonyl (C=O) groups is 1. The molecule has 0 aliphatic heterocycles. The fourth-order valence-electron chi connectivity index (χ4n) is 3.31. The molecule has 0 saturated heterocycles. The summed E-state index contributed by atoms with van der Waals surface area (Å²) in [4.78, 5) is 11.1. The Morgan fingerprint density at radius 1 is 1.17 bits per heavy atom. The van der Waals surface area contributed by atoms with Gasteiger partial charge in [-0.3, -0.25) is 4.79 Å². The fraction of sp³-hybridized carbons (Fsp3) is 0.650. The molecule has 23 heavy (non-hydrogen) atoms. The van der Waals surface area contributed by atoms with Gasteiger partial charge < -0.3 is 9.47 Å². The highest BCUT2D eigenvalue weighted by Crippen LogP contribution is 2.36. The molecule has 1 aliphatic rings. The second-order valence-electron chi connectivity index (χ2n) is 6.66. The topological polar surface area (TPSA) is 35.5 Å². The Morgan fingerprint density at radius 3 is 2.57 bits per heavy atom. The Bertz CT molecular complexity index is 502. The Balaban J connectivity index is 1.91. The molecule has 1 fully saturated rings. The predicted molar refractivity (Wildman–Crippen MR) is 93.0 cm³/mol. The van der Waals surface area contributed by atoms with Crippen LogP contribution in [0.1, 0.15) is 75.8 Å². The zero-order valence-electron chi connectivity index (χ0n) is 14.8. The smallest absolute Gasteiger partial charge is 0.302 e. The number of ether oxygens (including phenoxy) is 2. The molecule has 1 aliphatic carbocycles. The molecule has 1 aromatic carbocycles. The minimum absolute atomic E-state index is 0.110. The van der Waals surface area contributed by atoms with Crippen molar-refractivity contribution in [3.05, 3.63) is 29.3 Å². The summed E-state index contributed by atoms with van der Waals surface area (Å²) in [5.74, 6) is 1.42. The Kier molecular flexibility index (Phi) is 6.94. The van der Waals surface area contributed by atoms with Crippen molar-refractivity contribution >= 4 is 5.97 Å². The van der Waals surface area contributed by atoms with Gasteiger partial charge in [0.2, 0.25) is 0 Å². The van der Waals surface area contributed by atoms with Gasteiger partial charge in [-0.05, 0) is 62.1 Å². The van der Waals surface area contributed by atoms with Crippen LogP contribution in [-0.4, -0.2) is 18.7 Å². The monoisotopic (exact) mass is 318 g/mol. The molecule has 0 radical (unpaired) electrons. The average molecular weight is 318 g/mol. The van der Waals surface area contributed by atoms with Gasteiger partial charge in [0, 0.05) is 6.92 Å². The molecule has 1 saturated carbocycles. The Labute approximate surface area is 140 Å². The van der Waals surface area contributed by atoms with E-state index < -0.39 is 0 Å². The minimum Gasteiger partial charge on any atom is -0.493 e. The highest BCUT2D eigenvalue weighted by atomic mass is 16.5. The maximum Gasteiger partial charge on any atom is 0.302 e. The second kappa shape index (κ2) is 8.95. The number of hydrogen-bond donors (Lipinski definition) is 0. The van der Waals surface area contributed by atoms with E-state index in [-0.39, 0.29) is 12.1 Å². The summed E-state index contributed by atoms with van der Waals surface area (Å²) < 4.78 is 11.3. The van der Waals surface area contributed by atoms with Crippen LogP contribution in [-0.2, 0) is 9.53 Å². The molecule has 0 aromatic heterocycles. The molecule has 0 atom stereocenters. The van der Waals surface area contributed by atoms with E-state index >= 15 is 0 Å². The van der Waals surface area contributed by atoms with Crippen LogP contribution in [0.5, 0.6) is 5.75 Å². The lowest BCUT2D eigenvalue weighted by Gasteiger charge is -2.28. The van der Waals surface area contributed by atoms with Crippen LogP contribution in [0, 0.1) is 6.92 Å². The van der Waals surface area contributed by atoms with Crippen LogP contribution in [0.2, 0.25) is 0 Å². The summed E-state index contributed by atoms with van der Waals surface area (Å²) >= 11 is 0. The Hall–Kier alpha value is -1.51. The van der Waals surface area contributed by atoms with E-state index in [1.54, 1.807) is 0 Å². The van der Waals surface area contributed by atoms with Crippen molar-refractivity contribution < 1.29 is 14.3 Å². The molecular formula is C20H30O3. The van der Waals surface area contributed by atoms with Gasteiger partial charge in [-0.2, -0.15) is 0 Å². The first-order chi connectivity index (χ1) is 11.1. The van der Waals surface area contributed by atoms with E-state index in [4.69, 9.17) is 9.47 Å². The molecule has 0 bridgehead atoms. The summed E-state index contributed by atoms with van der Waals surface area (Å²) in [5.41, 5.74) is 2.57. The molecule has 0 spiro atoms. The van der Waals surface area contributed by atoms with Crippen molar-refractivity contribution in [2.75, 3.05) is 6.61 Å². The van der Waals surface area contributed by atoms with Crippen LogP contribution in [0.25, 0.3) is 0 Å². The summed E-state index contributed by atoms with van der Waals surface area (Å²) in [6.45, 7) is 6.61. The normalized spacial score (nSPS) is 21.0. The molecular weight excluding hydrogens is 288 g/mol. The van der Waals surface area contributed by atoms with Crippen molar-refractivity contribution in [3.8, 4) is 5.75 Å². The van der Waals surface area contributed by atoms with Crippen LogP contribution in [0.3, 0.4) is 0 Å². The third-order valence-corrected chi connectivity index (χ3v) is 4.70. The first kappa shape index (κ1) is 17.8. The molecule has 0 amide bonds. The molecule has 3 nitrogen and oxygen atoms in total. The number of unbranched alkanes of at least 4 members (excludes halogenated alkanes) is 2. The van der Waals surface area contributed by atoms with E-state index in [1.165, 1.54) is 30.9 Å². The van der Waals surface area contributed by atoms with Crippen molar-refractivity contribution in [1.82, 2.24) is 0 Å². The lowest BCUT2D eigenvalue weighted by Crippen LogP contribution is -2.22.